The molecule has 5 heteroatoms. The lowest BCUT2D eigenvalue weighted by atomic mass is 10.3. The fourth-order valence-electron chi connectivity index (χ4n) is 1.20. The summed E-state index contributed by atoms with van der Waals surface area (Å²) in [4.78, 5) is 29.1. The van der Waals surface area contributed by atoms with E-state index in [1.54, 1.807) is 13.8 Å². The van der Waals surface area contributed by atoms with Gasteiger partial charge in [-0.05, 0) is 20.3 Å². The minimum Gasteiger partial charge on any atom is -0.419 e. The van der Waals surface area contributed by atoms with Crippen LogP contribution in [0.4, 0.5) is 0 Å². The molecule has 1 aromatic rings. The van der Waals surface area contributed by atoms with Crippen molar-refractivity contribution in [2.45, 2.75) is 33.6 Å². The number of aromatic nitrogens is 2. The van der Waals surface area contributed by atoms with E-state index in [0.29, 0.717) is 24.4 Å². The number of esters is 1. The molecule has 0 amide bonds. The number of carbonyl (C=O) groups excluding carboxylic acids is 1. The van der Waals surface area contributed by atoms with Gasteiger partial charge in [0.1, 0.15) is 5.82 Å². The van der Waals surface area contributed by atoms with E-state index in [2.05, 4.69) is 9.97 Å². The van der Waals surface area contributed by atoms with Crippen molar-refractivity contribution >= 4 is 5.97 Å². The van der Waals surface area contributed by atoms with Crippen molar-refractivity contribution in [2.24, 2.45) is 0 Å². The number of hydrogen-bond donors (Lipinski definition) is 1. The number of aromatic amines is 1. The van der Waals surface area contributed by atoms with Gasteiger partial charge in [-0.25, -0.2) is 4.98 Å². The molecule has 1 heterocycles. The van der Waals surface area contributed by atoms with Crippen LogP contribution in [0.25, 0.3) is 0 Å². The predicted molar refractivity (Wildman–Crippen MR) is 54.9 cm³/mol. The highest BCUT2D eigenvalue weighted by Crippen LogP contribution is 2.09. The Morgan fingerprint density at radius 1 is 1.47 bits per heavy atom. The Labute approximate surface area is 87.5 Å². The topological polar surface area (TPSA) is 72.0 Å². The maximum Gasteiger partial charge on any atom is 0.311 e. The maximum absolute atomic E-state index is 11.4. The Morgan fingerprint density at radius 2 is 2.13 bits per heavy atom. The van der Waals surface area contributed by atoms with E-state index in [9.17, 15) is 9.59 Å². The number of nitrogens with zero attached hydrogens (tertiary/aromatic N) is 1. The van der Waals surface area contributed by atoms with Crippen molar-refractivity contribution in [3.63, 3.8) is 0 Å². The third-order valence-corrected chi connectivity index (χ3v) is 1.83. The van der Waals surface area contributed by atoms with E-state index in [4.69, 9.17) is 4.74 Å². The van der Waals surface area contributed by atoms with Gasteiger partial charge < -0.3 is 9.72 Å². The molecule has 0 aliphatic carbocycles. The predicted octanol–water partition coefficient (Wildman–Crippen LogP) is 1.09. The van der Waals surface area contributed by atoms with Crippen LogP contribution in [0.5, 0.6) is 5.75 Å². The molecule has 0 radical (unpaired) electrons. The van der Waals surface area contributed by atoms with Gasteiger partial charge in [-0.1, -0.05) is 6.92 Å². The maximum atomic E-state index is 11.4. The Morgan fingerprint density at radius 3 is 2.67 bits per heavy atom. The van der Waals surface area contributed by atoms with Crippen LogP contribution in [0.1, 0.15) is 31.3 Å². The molecule has 1 rings (SSSR count). The molecule has 0 atom stereocenters. The minimum atomic E-state index is -0.413. The highest BCUT2D eigenvalue weighted by Gasteiger charge is 2.11. The summed E-state index contributed by atoms with van der Waals surface area (Å²) in [5, 5.41) is 0. The summed E-state index contributed by atoms with van der Waals surface area (Å²) in [5.74, 6) is 0.101. The van der Waals surface area contributed by atoms with Gasteiger partial charge in [0.05, 0.1) is 5.69 Å². The molecule has 0 fully saturated rings. The molecular weight excluding hydrogens is 196 g/mol. The number of H-pyrrole nitrogens is 1. The summed E-state index contributed by atoms with van der Waals surface area (Å²) >= 11 is 0. The van der Waals surface area contributed by atoms with Crippen LogP contribution >= 0.6 is 0 Å². The van der Waals surface area contributed by atoms with Crippen molar-refractivity contribution < 1.29 is 9.53 Å². The fraction of sp³-hybridized carbons (Fsp3) is 0.500. The summed E-state index contributed by atoms with van der Waals surface area (Å²) in [5.41, 5.74) is 0.0187. The van der Waals surface area contributed by atoms with Crippen LogP contribution in [0.15, 0.2) is 4.79 Å². The van der Waals surface area contributed by atoms with Crippen LogP contribution in [0, 0.1) is 13.8 Å². The molecule has 0 unspecified atom stereocenters. The summed E-state index contributed by atoms with van der Waals surface area (Å²) < 4.78 is 4.93. The average molecular weight is 210 g/mol. The summed E-state index contributed by atoms with van der Waals surface area (Å²) in [7, 11) is 0. The molecule has 5 nitrogen and oxygen atoms in total. The highest BCUT2D eigenvalue weighted by molar-refractivity contribution is 5.72. The number of nitrogens with one attached hydrogen (secondary N) is 1. The Balaban J connectivity index is 2.95. The normalized spacial score (nSPS) is 10.1. The second kappa shape index (κ2) is 4.72. The van der Waals surface area contributed by atoms with Gasteiger partial charge in [0.2, 0.25) is 5.75 Å². The Hall–Kier alpha value is -1.65. The molecule has 0 aromatic carbocycles. The van der Waals surface area contributed by atoms with E-state index >= 15 is 0 Å². The molecule has 0 bridgehead atoms. The number of aryl methyl sites for hydroxylation is 2. The molecule has 0 aliphatic rings. The first-order valence-electron chi connectivity index (χ1n) is 4.82. The fourth-order valence-corrected chi connectivity index (χ4v) is 1.20. The molecule has 82 valence electrons. The zero-order valence-corrected chi connectivity index (χ0v) is 9.09. The lowest BCUT2D eigenvalue weighted by Crippen LogP contribution is -2.19. The quantitative estimate of drug-likeness (QED) is 0.758. The smallest absolute Gasteiger partial charge is 0.311 e. The van der Waals surface area contributed by atoms with Crippen molar-refractivity contribution in [2.75, 3.05) is 0 Å². The highest BCUT2D eigenvalue weighted by atomic mass is 16.5. The van der Waals surface area contributed by atoms with E-state index in [0.717, 1.165) is 0 Å². The van der Waals surface area contributed by atoms with Gasteiger partial charge in [0, 0.05) is 6.42 Å². The van der Waals surface area contributed by atoms with E-state index in [1.807, 2.05) is 6.92 Å². The summed E-state index contributed by atoms with van der Waals surface area (Å²) in [6.45, 7) is 5.18. The second-order valence-electron chi connectivity index (χ2n) is 3.29. The van der Waals surface area contributed by atoms with E-state index < -0.39 is 11.5 Å². The van der Waals surface area contributed by atoms with Gasteiger partial charge in [-0.2, -0.15) is 0 Å². The molecule has 0 saturated heterocycles. The monoisotopic (exact) mass is 210 g/mol. The minimum absolute atomic E-state index is 0.000880. The van der Waals surface area contributed by atoms with Crippen molar-refractivity contribution in [1.29, 1.82) is 0 Å². The lowest BCUT2D eigenvalue weighted by Gasteiger charge is -2.05. The molecular formula is C10H14N2O3. The van der Waals surface area contributed by atoms with Crippen LogP contribution in [0.3, 0.4) is 0 Å². The van der Waals surface area contributed by atoms with Gasteiger partial charge in [-0.3, -0.25) is 9.59 Å². The first kappa shape index (κ1) is 11.4. The van der Waals surface area contributed by atoms with E-state index in [1.165, 1.54) is 0 Å². The lowest BCUT2D eigenvalue weighted by molar-refractivity contribution is -0.134. The van der Waals surface area contributed by atoms with Crippen molar-refractivity contribution in [1.82, 2.24) is 9.97 Å². The number of rotatable bonds is 3. The van der Waals surface area contributed by atoms with Gasteiger partial charge in [-0.15, -0.1) is 0 Å². The summed E-state index contributed by atoms with van der Waals surface area (Å²) in [6.07, 6.45) is 0.988. The SMILES string of the molecule is CCCC(=O)Oc1c(C)nc(C)[nH]c1=O. The first-order chi connectivity index (χ1) is 7.04. The molecule has 1 aromatic heterocycles. The Bertz CT molecular complexity index is 423. The van der Waals surface area contributed by atoms with Crippen molar-refractivity contribution in [3.05, 3.63) is 21.9 Å². The largest absolute Gasteiger partial charge is 0.419 e. The third-order valence-electron chi connectivity index (χ3n) is 1.83. The van der Waals surface area contributed by atoms with Gasteiger partial charge >= 0.3 is 5.97 Å². The zero-order chi connectivity index (χ0) is 11.4. The van der Waals surface area contributed by atoms with Crippen LogP contribution in [0.2, 0.25) is 0 Å². The molecule has 1 N–H and O–H groups in total. The standard InChI is InChI=1S/C10H14N2O3/c1-4-5-8(13)15-9-6(2)11-7(3)12-10(9)14/h4-5H2,1-3H3,(H,11,12,14). The van der Waals surface area contributed by atoms with Crippen molar-refractivity contribution in [3.8, 4) is 5.75 Å². The molecule has 15 heavy (non-hydrogen) atoms. The number of ether oxygens (including phenoxy) is 1. The number of hydrogen-bond acceptors (Lipinski definition) is 4. The Kier molecular flexibility index (Phi) is 3.60. The van der Waals surface area contributed by atoms with Crippen LogP contribution in [-0.2, 0) is 4.79 Å². The molecule has 0 spiro atoms. The third kappa shape index (κ3) is 2.90. The first-order valence-corrected chi connectivity index (χ1v) is 4.82. The second-order valence-corrected chi connectivity index (χ2v) is 3.29. The molecule has 0 aliphatic heterocycles. The van der Waals surface area contributed by atoms with Gasteiger partial charge in [0.15, 0.2) is 0 Å². The van der Waals surface area contributed by atoms with Gasteiger partial charge in [0.25, 0.3) is 5.56 Å². The molecule has 0 saturated carbocycles. The average Bonchev–Trinajstić information content (AvgIpc) is 2.11. The van der Waals surface area contributed by atoms with Crippen LogP contribution in [-0.4, -0.2) is 15.9 Å². The summed E-state index contributed by atoms with van der Waals surface area (Å²) in [6, 6.07) is 0. The van der Waals surface area contributed by atoms with E-state index in [-0.39, 0.29) is 5.75 Å². The zero-order valence-electron chi connectivity index (χ0n) is 9.09. The number of carbonyl (C=O) groups is 1. The van der Waals surface area contributed by atoms with Crippen LogP contribution < -0.4 is 10.3 Å².